The van der Waals surface area contributed by atoms with Crippen LogP contribution < -0.4 is 10.5 Å². The fourth-order valence-electron chi connectivity index (χ4n) is 1.40. The molecule has 6 nitrogen and oxygen atoms in total. The van der Waals surface area contributed by atoms with Crippen molar-refractivity contribution in [1.29, 1.82) is 0 Å². The Morgan fingerprint density at radius 3 is 2.83 bits per heavy atom. The minimum absolute atomic E-state index is 0.00493. The monoisotopic (exact) mass is 267 g/mol. The molecule has 0 atom stereocenters. The van der Waals surface area contributed by atoms with Crippen LogP contribution in [0.4, 0.5) is 5.69 Å². The van der Waals surface area contributed by atoms with E-state index in [-0.39, 0.29) is 11.4 Å². The summed E-state index contributed by atoms with van der Waals surface area (Å²) < 4.78 is 31.4. The van der Waals surface area contributed by atoms with E-state index in [0.717, 1.165) is 0 Å². The number of anilines is 1. The highest BCUT2D eigenvalue weighted by Gasteiger charge is 2.15. The van der Waals surface area contributed by atoms with Crippen LogP contribution in [-0.2, 0) is 16.6 Å². The summed E-state index contributed by atoms with van der Waals surface area (Å²) in [5.74, 6) is 0.952. The number of aryl methyl sites for hydroxylation is 1. The summed E-state index contributed by atoms with van der Waals surface area (Å²) in [5.41, 5.74) is 5.94. The Morgan fingerprint density at radius 2 is 2.22 bits per heavy atom. The van der Waals surface area contributed by atoms with Crippen LogP contribution in [-0.4, -0.2) is 13.4 Å². The van der Waals surface area contributed by atoms with Gasteiger partial charge >= 0.3 is 0 Å². The van der Waals surface area contributed by atoms with Gasteiger partial charge in [-0.3, -0.25) is 0 Å². The molecule has 0 spiro atoms. The molecular formula is C11H13N3O3S. The molecule has 1 aromatic carbocycles. The van der Waals surface area contributed by atoms with Gasteiger partial charge in [-0.15, -0.1) is 0 Å². The largest absolute Gasteiger partial charge is 0.445 e. The van der Waals surface area contributed by atoms with Crippen molar-refractivity contribution in [3.05, 3.63) is 42.1 Å². The Morgan fingerprint density at radius 1 is 1.44 bits per heavy atom. The molecule has 1 heterocycles. The zero-order valence-corrected chi connectivity index (χ0v) is 10.6. The minimum atomic E-state index is -3.60. The topological polar surface area (TPSA) is 98.2 Å². The highest BCUT2D eigenvalue weighted by Crippen LogP contribution is 2.13. The van der Waals surface area contributed by atoms with E-state index in [1.165, 1.54) is 18.3 Å². The molecule has 0 unspecified atom stereocenters. The molecule has 0 aliphatic heterocycles. The highest BCUT2D eigenvalue weighted by atomic mass is 32.2. The standard InChI is InChI=1S/C11H13N3O3S/c1-8-6-13-11(17-8)7-14-18(15,16)10-4-2-3-9(12)5-10/h2-6,14H,7,12H2,1H3. The number of nitrogens with two attached hydrogens (primary N) is 1. The SMILES string of the molecule is Cc1cnc(CNS(=O)(=O)c2cccc(N)c2)o1. The second kappa shape index (κ2) is 4.79. The molecule has 0 amide bonds. The molecule has 3 N–H and O–H groups in total. The third kappa shape index (κ3) is 2.88. The Labute approximate surface area is 105 Å². The van der Waals surface area contributed by atoms with Crippen LogP contribution in [0.1, 0.15) is 11.7 Å². The summed E-state index contributed by atoms with van der Waals surface area (Å²) >= 11 is 0. The van der Waals surface area contributed by atoms with Gasteiger partial charge in [-0.1, -0.05) is 6.07 Å². The average molecular weight is 267 g/mol. The van der Waals surface area contributed by atoms with E-state index in [1.807, 2.05) is 0 Å². The molecular weight excluding hydrogens is 254 g/mol. The van der Waals surface area contributed by atoms with Crippen molar-refractivity contribution in [2.24, 2.45) is 0 Å². The third-order valence-corrected chi connectivity index (χ3v) is 3.65. The Bertz CT molecular complexity index is 649. The lowest BCUT2D eigenvalue weighted by atomic mass is 10.3. The lowest BCUT2D eigenvalue weighted by Crippen LogP contribution is -2.23. The van der Waals surface area contributed by atoms with Gasteiger partial charge in [0, 0.05) is 5.69 Å². The lowest BCUT2D eigenvalue weighted by molar-refractivity contribution is 0.463. The van der Waals surface area contributed by atoms with Crippen LogP contribution >= 0.6 is 0 Å². The summed E-state index contributed by atoms with van der Waals surface area (Å²) in [5, 5.41) is 0. The van der Waals surface area contributed by atoms with E-state index >= 15 is 0 Å². The van der Waals surface area contributed by atoms with Crippen molar-refractivity contribution in [2.45, 2.75) is 18.4 Å². The maximum atomic E-state index is 11.9. The molecule has 96 valence electrons. The van der Waals surface area contributed by atoms with E-state index in [1.54, 1.807) is 19.1 Å². The van der Waals surface area contributed by atoms with Crippen molar-refractivity contribution >= 4 is 15.7 Å². The minimum Gasteiger partial charge on any atom is -0.445 e. The number of rotatable bonds is 4. The summed E-state index contributed by atoms with van der Waals surface area (Å²) in [7, 11) is -3.60. The van der Waals surface area contributed by atoms with Gasteiger partial charge in [0.05, 0.1) is 17.6 Å². The first kappa shape index (κ1) is 12.6. The van der Waals surface area contributed by atoms with E-state index < -0.39 is 10.0 Å². The van der Waals surface area contributed by atoms with Gasteiger partial charge in [-0.2, -0.15) is 0 Å². The van der Waals surface area contributed by atoms with Crippen molar-refractivity contribution in [1.82, 2.24) is 9.71 Å². The molecule has 0 aliphatic carbocycles. The molecule has 2 rings (SSSR count). The van der Waals surface area contributed by atoms with Crippen molar-refractivity contribution in [3.63, 3.8) is 0 Å². The number of benzene rings is 1. The van der Waals surface area contributed by atoms with Gasteiger partial charge < -0.3 is 10.2 Å². The van der Waals surface area contributed by atoms with Crippen LogP contribution in [0.15, 0.2) is 39.8 Å². The summed E-state index contributed by atoms with van der Waals surface area (Å²) in [6, 6.07) is 6.07. The fraction of sp³-hybridized carbons (Fsp3) is 0.182. The third-order valence-electron chi connectivity index (χ3n) is 2.25. The normalized spacial score (nSPS) is 11.6. The molecule has 1 aromatic heterocycles. The predicted molar refractivity (Wildman–Crippen MR) is 66.1 cm³/mol. The zero-order valence-electron chi connectivity index (χ0n) is 9.75. The molecule has 18 heavy (non-hydrogen) atoms. The van der Waals surface area contributed by atoms with E-state index in [9.17, 15) is 8.42 Å². The number of oxazole rings is 1. The second-order valence-electron chi connectivity index (χ2n) is 3.76. The number of nitrogen functional groups attached to an aromatic ring is 1. The Balaban J connectivity index is 2.13. The van der Waals surface area contributed by atoms with Crippen LogP contribution in [0.2, 0.25) is 0 Å². The summed E-state index contributed by atoms with van der Waals surface area (Å²) in [4.78, 5) is 4.03. The first-order chi connectivity index (χ1) is 8.47. The zero-order chi connectivity index (χ0) is 13.2. The number of hydrogen-bond acceptors (Lipinski definition) is 5. The maximum Gasteiger partial charge on any atom is 0.241 e. The van der Waals surface area contributed by atoms with Gasteiger partial charge in [0.1, 0.15) is 5.76 Å². The Kier molecular flexibility index (Phi) is 3.35. The van der Waals surface area contributed by atoms with E-state index in [0.29, 0.717) is 17.3 Å². The number of sulfonamides is 1. The van der Waals surface area contributed by atoms with Crippen LogP contribution in [0.5, 0.6) is 0 Å². The molecule has 7 heteroatoms. The first-order valence-electron chi connectivity index (χ1n) is 5.24. The van der Waals surface area contributed by atoms with Crippen molar-refractivity contribution in [3.8, 4) is 0 Å². The maximum absolute atomic E-state index is 11.9. The van der Waals surface area contributed by atoms with Gasteiger partial charge in [0.25, 0.3) is 0 Å². The molecule has 0 saturated carbocycles. The summed E-state index contributed by atoms with van der Waals surface area (Å²) in [6.07, 6.45) is 1.53. The molecule has 0 saturated heterocycles. The van der Waals surface area contributed by atoms with Crippen LogP contribution in [0.25, 0.3) is 0 Å². The van der Waals surface area contributed by atoms with Gasteiger partial charge in [-0.05, 0) is 25.1 Å². The van der Waals surface area contributed by atoms with E-state index in [4.69, 9.17) is 10.2 Å². The molecule has 2 aromatic rings. The van der Waals surface area contributed by atoms with Gasteiger partial charge in [0.15, 0.2) is 0 Å². The quantitative estimate of drug-likeness (QED) is 0.807. The second-order valence-corrected chi connectivity index (χ2v) is 5.53. The number of hydrogen-bond donors (Lipinski definition) is 2. The average Bonchev–Trinajstić information content (AvgIpc) is 2.73. The number of nitrogens with one attached hydrogen (secondary N) is 1. The highest BCUT2D eigenvalue weighted by molar-refractivity contribution is 7.89. The van der Waals surface area contributed by atoms with Crippen molar-refractivity contribution in [2.75, 3.05) is 5.73 Å². The molecule has 0 bridgehead atoms. The molecule has 0 aliphatic rings. The Hall–Kier alpha value is -1.86. The molecule has 0 fully saturated rings. The number of nitrogens with zero attached hydrogens (tertiary/aromatic N) is 1. The van der Waals surface area contributed by atoms with Gasteiger partial charge in [-0.25, -0.2) is 18.1 Å². The first-order valence-corrected chi connectivity index (χ1v) is 6.72. The van der Waals surface area contributed by atoms with Crippen LogP contribution in [0.3, 0.4) is 0 Å². The smallest absolute Gasteiger partial charge is 0.241 e. The fourth-order valence-corrected chi connectivity index (χ4v) is 2.43. The van der Waals surface area contributed by atoms with E-state index in [2.05, 4.69) is 9.71 Å². The molecule has 0 radical (unpaired) electrons. The predicted octanol–water partition coefficient (Wildman–Crippen LogP) is 1.04. The van der Waals surface area contributed by atoms with Gasteiger partial charge in [0.2, 0.25) is 15.9 Å². The number of aromatic nitrogens is 1. The summed E-state index contributed by atoms with van der Waals surface area (Å²) in [6.45, 7) is 1.74. The van der Waals surface area contributed by atoms with Crippen molar-refractivity contribution < 1.29 is 12.8 Å². The lowest BCUT2D eigenvalue weighted by Gasteiger charge is -2.05. The van der Waals surface area contributed by atoms with Crippen LogP contribution in [0, 0.1) is 6.92 Å².